The molecule has 1 rings (SSSR count). The molecule has 0 unspecified atom stereocenters. The Labute approximate surface area is 179 Å². The van der Waals surface area contributed by atoms with Crippen LogP contribution in [0.15, 0.2) is 77.1 Å². The van der Waals surface area contributed by atoms with Crippen LogP contribution in [0.3, 0.4) is 0 Å². The van der Waals surface area contributed by atoms with Crippen LogP contribution in [-0.2, 0) is 16.0 Å². The Morgan fingerprint density at radius 3 is 2.30 bits per heavy atom. The second-order valence-electron chi connectivity index (χ2n) is 6.69. The van der Waals surface area contributed by atoms with Crippen molar-refractivity contribution in [1.82, 2.24) is 16.0 Å². The van der Waals surface area contributed by atoms with Gasteiger partial charge in [-0.2, -0.15) is 0 Å². The van der Waals surface area contributed by atoms with E-state index >= 15 is 0 Å². The van der Waals surface area contributed by atoms with E-state index in [1.165, 1.54) is 6.21 Å². The molecule has 0 aliphatic heterocycles. The van der Waals surface area contributed by atoms with Crippen LogP contribution in [0, 0.1) is 5.41 Å². The minimum atomic E-state index is -0.308. The van der Waals surface area contributed by atoms with Gasteiger partial charge in [-0.25, -0.2) is 0 Å². The zero-order chi connectivity index (χ0) is 22.4. The Bertz CT molecular complexity index is 849. The number of hydrogen-bond donors (Lipinski definition) is 4. The third-order valence-electron chi connectivity index (χ3n) is 4.25. The van der Waals surface area contributed by atoms with Gasteiger partial charge in [-0.15, -0.1) is 0 Å². The normalized spacial score (nSPS) is 12.9. The number of carbonyl (C=O) groups excluding carboxylic acids is 2. The quantitative estimate of drug-likeness (QED) is 0.257. The average Bonchev–Trinajstić information content (AvgIpc) is 2.76. The Morgan fingerprint density at radius 2 is 1.73 bits per heavy atom. The molecule has 0 aliphatic rings. The van der Waals surface area contributed by atoms with E-state index < -0.39 is 0 Å². The van der Waals surface area contributed by atoms with Crippen molar-refractivity contribution < 1.29 is 9.59 Å². The fourth-order valence-electron chi connectivity index (χ4n) is 2.76. The predicted octanol–water partition coefficient (Wildman–Crippen LogP) is 3.05. The largest absolute Gasteiger partial charge is 0.394 e. The first kappa shape index (κ1) is 24.6. The highest BCUT2D eigenvalue weighted by atomic mass is 16.2. The van der Waals surface area contributed by atoms with E-state index in [9.17, 15) is 9.59 Å². The van der Waals surface area contributed by atoms with Crippen molar-refractivity contribution in [3.63, 3.8) is 0 Å². The number of benzene rings is 1. The van der Waals surface area contributed by atoms with E-state index in [-0.39, 0.29) is 18.4 Å². The lowest BCUT2D eigenvalue weighted by Gasteiger charge is -2.10. The number of amides is 2. The van der Waals surface area contributed by atoms with Gasteiger partial charge in [0.1, 0.15) is 0 Å². The first-order valence-electron chi connectivity index (χ1n) is 9.95. The van der Waals surface area contributed by atoms with E-state index in [2.05, 4.69) is 22.0 Å². The molecular formula is C24H32N4O2. The molecule has 0 aromatic heterocycles. The summed E-state index contributed by atoms with van der Waals surface area (Å²) in [6, 6.07) is 10.0. The SMILES string of the molecule is CC/C=C(/C=C(\C=C(/C)C(=O)NC)C(=O)NC/C(C=N)=C/NC)Cc1ccccc1. The molecule has 1 aromatic carbocycles. The highest BCUT2D eigenvalue weighted by Gasteiger charge is 2.11. The minimum absolute atomic E-state index is 0.207. The molecule has 0 spiro atoms. The van der Waals surface area contributed by atoms with Gasteiger partial charge in [0.05, 0.1) is 0 Å². The lowest BCUT2D eigenvalue weighted by Crippen LogP contribution is -2.28. The van der Waals surface area contributed by atoms with Gasteiger partial charge >= 0.3 is 0 Å². The van der Waals surface area contributed by atoms with Gasteiger partial charge in [-0.3, -0.25) is 9.59 Å². The lowest BCUT2D eigenvalue weighted by atomic mass is 10.00. The van der Waals surface area contributed by atoms with Crippen LogP contribution in [-0.4, -0.2) is 38.7 Å². The van der Waals surface area contributed by atoms with Crippen molar-refractivity contribution >= 4 is 18.0 Å². The summed E-state index contributed by atoms with van der Waals surface area (Å²) in [6.07, 6.45) is 9.84. The van der Waals surface area contributed by atoms with Crippen LogP contribution >= 0.6 is 0 Å². The highest BCUT2D eigenvalue weighted by molar-refractivity contribution is 6.01. The smallest absolute Gasteiger partial charge is 0.251 e. The molecule has 0 fully saturated rings. The summed E-state index contributed by atoms with van der Waals surface area (Å²) in [5.41, 5.74) is 3.59. The number of hydrogen-bond acceptors (Lipinski definition) is 4. The third kappa shape index (κ3) is 8.73. The average molecular weight is 409 g/mol. The van der Waals surface area contributed by atoms with E-state index in [4.69, 9.17) is 5.41 Å². The maximum atomic E-state index is 12.9. The van der Waals surface area contributed by atoms with Crippen LogP contribution in [0.1, 0.15) is 25.8 Å². The second-order valence-corrected chi connectivity index (χ2v) is 6.69. The summed E-state index contributed by atoms with van der Waals surface area (Å²) in [5.74, 6) is -0.551. The minimum Gasteiger partial charge on any atom is -0.394 e. The molecule has 160 valence electrons. The predicted molar refractivity (Wildman–Crippen MR) is 123 cm³/mol. The maximum Gasteiger partial charge on any atom is 0.251 e. The summed E-state index contributed by atoms with van der Waals surface area (Å²) in [4.78, 5) is 24.9. The first-order chi connectivity index (χ1) is 14.4. The van der Waals surface area contributed by atoms with Crippen molar-refractivity contribution in [2.24, 2.45) is 0 Å². The summed E-state index contributed by atoms with van der Waals surface area (Å²) in [5, 5.41) is 15.7. The van der Waals surface area contributed by atoms with Gasteiger partial charge < -0.3 is 21.4 Å². The van der Waals surface area contributed by atoms with E-state index in [1.54, 1.807) is 33.3 Å². The number of allylic oxidation sites excluding steroid dienone is 3. The van der Waals surface area contributed by atoms with E-state index in [0.29, 0.717) is 23.1 Å². The number of carbonyl (C=O) groups is 2. The van der Waals surface area contributed by atoms with Crippen molar-refractivity contribution in [3.8, 4) is 0 Å². The van der Waals surface area contributed by atoms with Crippen LogP contribution in [0.4, 0.5) is 0 Å². The van der Waals surface area contributed by atoms with Crippen LogP contribution in [0.25, 0.3) is 0 Å². The molecule has 30 heavy (non-hydrogen) atoms. The highest BCUT2D eigenvalue weighted by Crippen LogP contribution is 2.15. The van der Waals surface area contributed by atoms with E-state index in [0.717, 1.165) is 17.6 Å². The fourth-order valence-corrected chi connectivity index (χ4v) is 2.76. The molecule has 6 nitrogen and oxygen atoms in total. The molecule has 4 N–H and O–H groups in total. The summed E-state index contributed by atoms with van der Waals surface area (Å²) >= 11 is 0. The Kier molecular flexibility index (Phi) is 11.3. The summed E-state index contributed by atoms with van der Waals surface area (Å²) in [6.45, 7) is 3.92. The Hall–Kier alpha value is -3.41. The standard InChI is InChI=1S/C24H32N4O2/c1-5-9-20(13-19-10-7-6-8-11-19)14-22(12-18(2)23(29)27-4)24(30)28-17-21(15-25)16-26-3/h6-12,14-16,25-26H,5,13,17H2,1-4H3,(H,27,29)(H,28,30)/b18-12+,20-9+,21-16+,22-14+,25-15?. The first-order valence-corrected chi connectivity index (χ1v) is 9.95. The molecule has 1 aromatic rings. The lowest BCUT2D eigenvalue weighted by molar-refractivity contribution is -0.117. The van der Waals surface area contributed by atoms with Crippen LogP contribution < -0.4 is 16.0 Å². The Balaban J connectivity index is 3.23. The maximum absolute atomic E-state index is 12.9. The Morgan fingerprint density at radius 1 is 1.03 bits per heavy atom. The molecule has 0 bridgehead atoms. The summed E-state index contributed by atoms with van der Waals surface area (Å²) in [7, 11) is 3.29. The van der Waals surface area contributed by atoms with Gasteiger partial charge in [-0.1, -0.05) is 43.3 Å². The zero-order valence-corrected chi connectivity index (χ0v) is 18.2. The number of nitrogens with one attached hydrogen (secondary N) is 4. The van der Waals surface area contributed by atoms with Crippen molar-refractivity contribution in [1.29, 1.82) is 5.41 Å². The molecule has 2 amide bonds. The summed E-state index contributed by atoms with van der Waals surface area (Å²) < 4.78 is 0. The fraction of sp³-hybridized carbons (Fsp3) is 0.292. The molecule has 6 heteroatoms. The third-order valence-corrected chi connectivity index (χ3v) is 4.25. The van der Waals surface area contributed by atoms with Crippen molar-refractivity contribution in [3.05, 3.63) is 82.6 Å². The van der Waals surface area contributed by atoms with Gasteiger partial charge in [0.2, 0.25) is 5.91 Å². The zero-order valence-electron chi connectivity index (χ0n) is 18.2. The monoisotopic (exact) mass is 408 g/mol. The topological polar surface area (TPSA) is 94.1 Å². The molecule has 0 saturated heterocycles. The number of likely N-dealkylation sites (N-methyl/N-ethyl adjacent to an activating group) is 1. The number of rotatable bonds is 11. The molecule has 0 aliphatic carbocycles. The van der Waals surface area contributed by atoms with Gasteiger partial charge in [0, 0.05) is 49.8 Å². The molecule has 0 radical (unpaired) electrons. The van der Waals surface area contributed by atoms with Crippen LogP contribution in [0.5, 0.6) is 0 Å². The molecule has 0 heterocycles. The van der Waals surface area contributed by atoms with E-state index in [1.807, 2.05) is 43.3 Å². The molecule has 0 atom stereocenters. The van der Waals surface area contributed by atoms with Crippen LogP contribution in [0.2, 0.25) is 0 Å². The van der Waals surface area contributed by atoms with Crippen molar-refractivity contribution in [2.45, 2.75) is 26.7 Å². The molecular weight excluding hydrogens is 376 g/mol. The van der Waals surface area contributed by atoms with Gasteiger partial charge in [0.25, 0.3) is 5.91 Å². The van der Waals surface area contributed by atoms with Gasteiger partial charge in [-0.05, 0) is 43.1 Å². The second kappa shape index (κ2) is 13.7. The van der Waals surface area contributed by atoms with Crippen molar-refractivity contribution in [2.75, 3.05) is 20.6 Å². The molecule has 0 saturated carbocycles. The van der Waals surface area contributed by atoms with Gasteiger partial charge in [0.15, 0.2) is 0 Å².